The lowest BCUT2D eigenvalue weighted by Crippen LogP contribution is -2.08. The number of benzene rings is 1. The number of pyridine rings is 1. The van der Waals surface area contributed by atoms with E-state index in [9.17, 15) is 9.00 Å². The molecule has 0 fully saturated rings. The molecular formula is C19H20ClN3O4S. The number of rotatable bonds is 7. The van der Waals surface area contributed by atoms with E-state index in [4.69, 9.17) is 21.1 Å². The molecule has 28 heavy (non-hydrogen) atoms. The van der Waals surface area contributed by atoms with Gasteiger partial charge in [0.2, 0.25) is 5.16 Å². The number of nitrogens with zero attached hydrogens (tertiary/aromatic N) is 3. The van der Waals surface area contributed by atoms with Gasteiger partial charge in [0.15, 0.2) is 17.3 Å². The van der Waals surface area contributed by atoms with Crippen LogP contribution in [0.1, 0.15) is 28.5 Å². The highest BCUT2D eigenvalue weighted by molar-refractivity contribution is 7.84. The number of fused-ring (bicyclic) bond motifs is 1. The lowest BCUT2D eigenvalue weighted by molar-refractivity contribution is 0.101. The standard InChI is InChI=1S/C19H20ClN3O4S/c1-11-7-16-14(8-13(11)12(2)24)22-19(23(16)10-20)28(25)9-15-18(27-4)17(26-3)5-6-21-15/h5-8H,9-10H2,1-4H3. The van der Waals surface area contributed by atoms with Crippen LogP contribution in [0.2, 0.25) is 0 Å². The number of halogens is 1. The van der Waals surface area contributed by atoms with E-state index in [0.29, 0.717) is 33.4 Å². The molecule has 0 bridgehead atoms. The molecule has 3 rings (SSSR count). The molecule has 3 aromatic rings. The zero-order chi connectivity index (χ0) is 20.4. The van der Waals surface area contributed by atoms with Crippen LogP contribution in [-0.2, 0) is 22.6 Å². The molecule has 9 heteroatoms. The summed E-state index contributed by atoms with van der Waals surface area (Å²) < 4.78 is 25.4. The van der Waals surface area contributed by atoms with Crippen LogP contribution in [0.15, 0.2) is 29.6 Å². The van der Waals surface area contributed by atoms with Gasteiger partial charge in [-0.2, -0.15) is 0 Å². The molecule has 0 amide bonds. The van der Waals surface area contributed by atoms with Gasteiger partial charge in [-0.25, -0.2) is 4.98 Å². The Labute approximate surface area is 170 Å². The van der Waals surface area contributed by atoms with E-state index in [1.54, 1.807) is 22.9 Å². The molecule has 0 saturated heterocycles. The van der Waals surface area contributed by atoms with Gasteiger partial charge in [0.1, 0.15) is 0 Å². The summed E-state index contributed by atoms with van der Waals surface area (Å²) in [5.74, 6) is 0.977. The summed E-state index contributed by atoms with van der Waals surface area (Å²) in [5.41, 5.74) is 3.20. The Bertz CT molecular complexity index is 1080. The Hall–Kier alpha value is -2.45. The summed E-state index contributed by atoms with van der Waals surface area (Å²) in [6.45, 7) is 3.36. The average Bonchev–Trinajstić information content (AvgIpc) is 3.04. The molecule has 148 valence electrons. The van der Waals surface area contributed by atoms with Gasteiger partial charge in [-0.1, -0.05) is 0 Å². The summed E-state index contributed by atoms with van der Waals surface area (Å²) >= 11 is 6.12. The molecule has 1 atom stereocenters. The first-order chi connectivity index (χ1) is 13.4. The first-order valence-electron chi connectivity index (χ1n) is 8.43. The van der Waals surface area contributed by atoms with Crippen molar-refractivity contribution in [3.8, 4) is 11.5 Å². The summed E-state index contributed by atoms with van der Waals surface area (Å²) in [4.78, 5) is 20.6. The zero-order valence-corrected chi connectivity index (χ0v) is 17.6. The van der Waals surface area contributed by atoms with Crippen LogP contribution in [-0.4, -0.2) is 38.7 Å². The van der Waals surface area contributed by atoms with E-state index in [2.05, 4.69) is 9.97 Å². The number of alkyl halides is 1. The van der Waals surface area contributed by atoms with E-state index in [-0.39, 0.29) is 17.5 Å². The number of hydrogen-bond acceptors (Lipinski definition) is 6. The summed E-state index contributed by atoms with van der Waals surface area (Å²) in [6.07, 6.45) is 1.57. The number of aromatic nitrogens is 3. The van der Waals surface area contributed by atoms with Gasteiger partial charge >= 0.3 is 0 Å². The number of carbonyl (C=O) groups excluding carboxylic acids is 1. The number of hydrogen-bond donors (Lipinski definition) is 0. The van der Waals surface area contributed by atoms with Gasteiger partial charge in [-0.15, -0.1) is 11.6 Å². The third kappa shape index (κ3) is 3.62. The van der Waals surface area contributed by atoms with E-state index in [0.717, 1.165) is 11.1 Å². The number of ether oxygens (including phenoxy) is 2. The van der Waals surface area contributed by atoms with Crippen LogP contribution in [0.4, 0.5) is 0 Å². The van der Waals surface area contributed by atoms with Crippen LogP contribution in [0.3, 0.4) is 0 Å². The largest absolute Gasteiger partial charge is 0.493 e. The number of Topliss-reactive ketones (excluding diaryl/α,β-unsaturated/α-hetero) is 1. The highest BCUT2D eigenvalue weighted by Gasteiger charge is 2.21. The zero-order valence-electron chi connectivity index (χ0n) is 16.0. The quantitative estimate of drug-likeness (QED) is 0.429. The van der Waals surface area contributed by atoms with E-state index >= 15 is 0 Å². The first kappa shape index (κ1) is 20.3. The summed E-state index contributed by atoms with van der Waals surface area (Å²) in [6, 6.07) is 5.30. The SMILES string of the molecule is COc1ccnc(CS(=O)c2nc3cc(C(C)=O)c(C)cc3n2CCl)c1OC. The first-order valence-corrected chi connectivity index (χ1v) is 10.3. The molecule has 1 aromatic carbocycles. The Balaban J connectivity index is 2.06. The van der Waals surface area contributed by atoms with Crippen LogP contribution in [0, 0.1) is 6.92 Å². The topological polar surface area (TPSA) is 83.3 Å². The van der Waals surface area contributed by atoms with Crippen molar-refractivity contribution in [2.45, 2.75) is 30.8 Å². The molecule has 0 N–H and O–H groups in total. The molecule has 2 heterocycles. The predicted molar refractivity (Wildman–Crippen MR) is 108 cm³/mol. The minimum atomic E-state index is -1.54. The number of ketones is 1. The van der Waals surface area contributed by atoms with Gasteiger partial charge in [-0.05, 0) is 31.5 Å². The van der Waals surface area contributed by atoms with Crippen molar-refractivity contribution in [1.29, 1.82) is 0 Å². The van der Waals surface area contributed by atoms with Crippen molar-refractivity contribution in [2.24, 2.45) is 0 Å². The fourth-order valence-corrected chi connectivity index (χ4v) is 4.57. The van der Waals surface area contributed by atoms with Crippen molar-refractivity contribution in [3.05, 3.63) is 41.2 Å². The number of methoxy groups -OCH3 is 2. The molecule has 1 unspecified atom stereocenters. The fraction of sp³-hybridized carbons (Fsp3) is 0.316. The number of imidazole rings is 1. The van der Waals surface area contributed by atoms with Gasteiger partial charge in [0.05, 0.1) is 53.5 Å². The molecule has 0 radical (unpaired) electrons. The lowest BCUT2D eigenvalue weighted by atomic mass is 10.0. The van der Waals surface area contributed by atoms with Crippen LogP contribution >= 0.6 is 11.6 Å². The van der Waals surface area contributed by atoms with Gasteiger partial charge in [-0.3, -0.25) is 14.0 Å². The van der Waals surface area contributed by atoms with Crippen molar-refractivity contribution in [2.75, 3.05) is 14.2 Å². The van der Waals surface area contributed by atoms with Gasteiger partial charge in [0, 0.05) is 17.8 Å². The van der Waals surface area contributed by atoms with Crippen molar-refractivity contribution >= 4 is 39.2 Å². The molecular weight excluding hydrogens is 402 g/mol. The second-order valence-corrected chi connectivity index (χ2v) is 7.72. The Morgan fingerprint density at radius 3 is 2.64 bits per heavy atom. The van der Waals surface area contributed by atoms with Crippen molar-refractivity contribution in [3.63, 3.8) is 0 Å². The van der Waals surface area contributed by atoms with Gasteiger partial charge in [0.25, 0.3) is 0 Å². The smallest absolute Gasteiger partial charge is 0.201 e. The Morgan fingerprint density at radius 2 is 2.04 bits per heavy atom. The fourth-order valence-electron chi connectivity index (χ4n) is 3.06. The molecule has 0 saturated carbocycles. The molecule has 0 aliphatic carbocycles. The lowest BCUT2D eigenvalue weighted by Gasteiger charge is -2.11. The number of carbonyl (C=O) groups is 1. The van der Waals surface area contributed by atoms with E-state index < -0.39 is 10.8 Å². The average molecular weight is 422 g/mol. The third-order valence-electron chi connectivity index (χ3n) is 4.40. The van der Waals surface area contributed by atoms with Crippen LogP contribution < -0.4 is 9.47 Å². The summed E-state index contributed by atoms with van der Waals surface area (Å²) in [5, 5.41) is 0.316. The normalized spacial score (nSPS) is 12.2. The van der Waals surface area contributed by atoms with Crippen LogP contribution in [0.5, 0.6) is 11.5 Å². The van der Waals surface area contributed by atoms with Crippen molar-refractivity contribution < 1.29 is 18.5 Å². The maximum atomic E-state index is 13.1. The Morgan fingerprint density at radius 1 is 1.29 bits per heavy atom. The second kappa shape index (κ2) is 8.28. The monoisotopic (exact) mass is 421 g/mol. The van der Waals surface area contributed by atoms with E-state index in [1.807, 2.05) is 13.0 Å². The number of aryl methyl sites for hydroxylation is 1. The Kier molecular flexibility index (Phi) is 6.00. The maximum absolute atomic E-state index is 13.1. The second-order valence-electron chi connectivity index (χ2n) is 6.14. The molecule has 7 nitrogen and oxygen atoms in total. The molecule has 0 aliphatic heterocycles. The highest BCUT2D eigenvalue weighted by Crippen LogP contribution is 2.31. The predicted octanol–water partition coefficient (Wildman–Crippen LogP) is 3.46. The van der Waals surface area contributed by atoms with Crippen molar-refractivity contribution in [1.82, 2.24) is 14.5 Å². The van der Waals surface area contributed by atoms with E-state index in [1.165, 1.54) is 21.1 Å². The minimum Gasteiger partial charge on any atom is -0.493 e. The molecule has 0 spiro atoms. The maximum Gasteiger partial charge on any atom is 0.201 e. The minimum absolute atomic E-state index is 0.0483. The molecule has 0 aliphatic rings. The molecule has 2 aromatic heterocycles. The highest BCUT2D eigenvalue weighted by atomic mass is 35.5. The summed E-state index contributed by atoms with van der Waals surface area (Å²) in [7, 11) is 1.49. The third-order valence-corrected chi connectivity index (χ3v) is 5.89. The van der Waals surface area contributed by atoms with Gasteiger partial charge < -0.3 is 14.0 Å². The van der Waals surface area contributed by atoms with Crippen LogP contribution in [0.25, 0.3) is 11.0 Å².